The Bertz CT molecular complexity index is 834. The summed E-state index contributed by atoms with van der Waals surface area (Å²) >= 11 is 0. The lowest BCUT2D eigenvalue weighted by Gasteiger charge is -2.08. The minimum absolute atomic E-state index is 0.311. The lowest BCUT2D eigenvalue weighted by Crippen LogP contribution is -2.17. The van der Waals surface area contributed by atoms with Crippen molar-refractivity contribution in [2.75, 3.05) is 11.9 Å². The van der Waals surface area contributed by atoms with E-state index >= 15 is 0 Å². The maximum absolute atomic E-state index is 11.7. The van der Waals surface area contributed by atoms with Crippen molar-refractivity contribution in [3.05, 3.63) is 36.0 Å². The van der Waals surface area contributed by atoms with Crippen LogP contribution >= 0.6 is 0 Å². The van der Waals surface area contributed by atoms with Gasteiger partial charge >= 0.3 is 6.09 Å². The maximum atomic E-state index is 11.7. The van der Waals surface area contributed by atoms with Crippen LogP contribution in [0.2, 0.25) is 0 Å². The number of para-hydroxylation sites is 2. The van der Waals surface area contributed by atoms with Crippen molar-refractivity contribution < 1.29 is 9.53 Å². The van der Waals surface area contributed by atoms with Gasteiger partial charge in [-0.3, -0.25) is 5.32 Å². The summed E-state index contributed by atoms with van der Waals surface area (Å²) in [4.78, 5) is 16.2. The third-order valence-electron chi connectivity index (χ3n) is 3.29. The highest BCUT2D eigenvalue weighted by Gasteiger charge is 2.16. The minimum Gasteiger partial charge on any atom is -0.450 e. The molecule has 0 aliphatic carbocycles. The fourth-order valence-electron chi connectivity index (χ4n) is 2.33. The number of benzene rings is 1. The van der Waals surface area contributed by atoms with E-state index < -0.39 is 6.09 Å². The smallest absolute Gasteiger partial charge is 0.412 e. The second-order valence-electron chi connectivity index (χ2n) is 4.89. The van der Waals surface area contributed by atoms with Crippen LogP contribution in [0.3, 0.4) is 0 Å². The van der Waals surface area contributed by atoms with Gasteiger partial charge in [-0.1, -0.05) is 12.1 Å². The average molecular weight is 299 g/mol. The van der Waals surface area contributed by atoms with Crippen molar-refractivity contribution in [1.82, 2.24) is 19.3 Å². The van der Waals surface area contributed by atoms with E-state index in [1.165, 1.54) is 0 Å². The molecule has 1 amide bonds. The zero-order valence-corrected chi connectivity index (χ0v) is 12.7. The van der Waals surface area contributed by atoms with Crippen LogP contribution in [-0.4, -0.2) is 32.0 Å². The van der Waals surface area contributed by atoms with E-state index in [0.29, 0.717) is 18.4 Å². The summed E-state index contributed by atoms with van der Waals surface area (Å²) in [5.41, 5.74) is 2.64. The molecule has 0 aliphatic heterocycles. The molecule has 2 heterocycles. The quantitative estimate of drug-likeness (QED) is 0.807. The summed E-state index contributed by atoms with van der Waals surface area (Å²) < 4.78 is 8.45. The maximum Gasteiger partial charge on any atom is 0.412 e. The van der Waals surface area contributed by atoms with Gasteiger partial charge in [0.05, 0.1) is 23.3 Å². The molecule has 7 nitrogen and oxygen atoms in total. The van der Waals surface area contributed by atoms with Gasteiger partial charge in [0.2, 0.25) is 5.95 Å². The molecule has 7 heteroatoms. The highest BCUT2D eigenvalue weighted by Crippen LogP contribution is 2.21. The molecule has 0 fully saturated rings. The number of amides is 1. The first-order chi connectivity index (χ1) is 10.6. The molecular weight excluding hydrogens is 282 g/mol. The van der Waals surface area contributed by atoms with Crippen molar-refractivity contribution in [1.29, 1.82) is 0 Å². The topological polar surface area (TPSA) is 74.0 Å². The number of fused-ring (bicyclic) bond motifs is 1. The molecule has 3 rings (SSSR count). The van der Waals surface area contributed by atoms with E-state index in [-0.39, 0.29) is 0 Å². The Kier molecular flexibility index (Phi) is 3.54. The molecule has 0 saturated carbocycles. The van der Waals surface area contributed by atoms with Crippen LogP contribution in [0.1, 0.15) is 12.6 Å². The summed E-state index contributed by atoms with van der Waals surface area (Å²) in [6.07, 6.45) is -0.512. The predicted molar refractivity (Wildman–Crippen MR) is 83.2 cm³/mol. The second kappa shape index (κ2) is 5.51. The molecule has 1 aromatic carbocycles. The number of carbonyl (C=O) groups is 1. The molecule has 2 aromatic heterocycles. The minimum atomic E-state index is -0.512. The number of carbonyl (C=O) groups excluding carboxylic acids is 1. The fourth-order valence-corrected chi connectivity index (χ4v) is 2.33. The molecule has 0 saturated heterocycles. The molecule has 0 radical (unpaired) electrons. The van der Waals surface area contributed by atoms with E-state index in [1.54, 1.807) is 17.7 Å². The number of anilines is 1. The van der Waals surface area contributed by atoms with Gasteiger partial charge in [0.25, 0.3) is 0 Å². The number of hydrogen-bond acceptors (Lipinski definition) is 4. The Hall–Kier alpha value is -2.83. The molecule has 22 heavy (non-hydrogen) atoms. The molecule has 114 valence electrons. The zero-order valence-electron chi connectivity index (χ0n) is 12.7. The van der Waals surface area contributed by atoms with E-state index in [2.05, 4.69) is 15.4 Å². The number of aryl methyl sites for hydroxylation is 2. The van der Waals surface area contributed by atoms with Crippen LogP contribution in [0.25, 0.3) is 17.0 Å². The van der Waals surface area contributed by atoms with Gasteiger partial charge in [0.15, 0.2) is 0 Å². The number of hydrogen-bond donors (Lipinski definition) is 1. The van der Waals surface area contributed by atoms with Crippen molar-refractivity contribution in [3.8, 4) is 5.95 Å². The highest BCUT2D eigenvalue weighted by molar-refractivity contribution is 5.84. The zero-order chi connectivity index (χ0) is 15.7. The number of aromatic nitrogens is 4. The summed E-state index contributed by atoms with van der Waals surface area (Å²) in [6, 6.07) is 9.59. The van der Waals surface area contributed by atoms with Gasteiger partial charge in [-0.05, 0) is 26.0 Å². The van der Waals surface area contributed by atoms with Gasteiger partial charge < -0.3 is 9.30 Å². The predicted octanol–water partition coefficient (Wildman–Crippen LogP) is 2.64. The Labute approximate surface area is 127 Å². The standard InChI is InChI=1S/C15H17N5O2/c1-4-22-15(21)17-13-9-10(2)18-20(13)14-16-11-7-5-6-8-12(11)19(14)3/h5-9H,4H2,1-3H3,(H,17,21). The largest absolute Gasteiger partial charge is 0.450 e. The Morgan fingerprint density at radius 1 is 1.36 bits per heavy atom. The Balaban J connectivity index is 2.07. The van der Waals surface area contributed by atoms with E-state index in [0.717, 1.165) is 16.7 Å². The van der Waals surface area contributed by atoms with Gasteiger partial charge in [-0.15, -0.1) is 0 Å². The molecular formula is C15H17N5O2. The summed E-state index contributed by atoms with van der Waals surface area (Å²) in [6.45, 7) is 3.92. The molecule has 0 bridgehead atoms. The van der Waals surface area contributed by atoms with Crippen LogP contribution < -0.4 is 5.32 Å². The Morgan fingerprint density at radius 3 is 2.86 bits per heavy atom. The van der Waals surface area contributed by atoms with Gasteiger partial charge in [0.1, 0.15) is 5.82 Å². The lowest BCUT2D eigenvalue weighted by molar-refractivity contribution is 0.167. The van der Waals surface area contributed by atoms with Crippen LogP contribution in [0.5, 0.6) is 0 Å². The third kappa shape index (κ3) is 2.41. The van der Waals surface area contributed by atoms with Crippen molar-refractivity contribution in [2.24, 2.45) is 7.05 Å². The number of nitrogens with zero attached hydrogens (tertiary/aromatic N) is 4. The van der Waals surface area contributed by atoms with Crippen molar-refractivity contribution in [2.45, 2.75) is 13.8 Å². The van der Waals surface area contributed by atoms with Gasteiger partial charge in [-0.2, -0.15) is 9.78 Å². The van der Waals surface area contributed by atoms with Crippen molar-refractivity contribution in [3.63, 3.8) is 0 Å². The second-order valence-corrected chi connectivity index (χ2v) is 4.89. The SMILES string of the molecule is CCOC(=O)Nc1cc(C)nn1-c1nc2ccccc2n1C. The van der Waals surface area contributed by atoms with Crippen LogP contribution in [0, 0.1) is 6.92 Å². The molecule has 0 atom stereocenters. The molecule has 0 aliphatic rings. The molecule has 1 N–H and O–H groups in total. The number of nitrogens with one attached hydrogen (secondary N) is 1. The normalized spacial score (nSPS) is 10.9. The fraction of sp³-hybridized carbons (Fsp3) is 0.267. The third-order valence-corrected chi connectivity index (χ3v) is 3.29. The number of ether oxygens (including phenoxy) is 1. The number of rotatable bonds is 3. The first-order valence-corrected chi connectivity index (χ1v) is 7.02. The number of imidazole rings is 1. The van der Waals surface area contributed by atoms with Crippen LogP contribution in [0.15, 0.2) is 30.3 Å². The van der Waals surface area contributed by atoms with E-state index in [4.69, 9.17) is 4.74 Å². The average Bonchev–Trinajstić information content (AvgIpc) is 3.00. The lowest BCUT2D eigenvalue weighted by atomic mass is 10.3. The van der Waals surface area contributed by atoms with Crippen LogP contribution in [0.4, 0.5) is 10.6 Å². The van der Waals surface area contributed by atoms with Crippen LogP contribution in [-0.2, 0) is 11.8 Å². The highest BCUT2D eigenvalue weighted by atomic mass is 16.5. The van der Waals surface area contributed by atoms with E-state index in [1.807, 2.05) is 42.8 Å². The Morgan fingerprint density at radius 2 is 2.14 bits per heavy atom. The summed E-state index contributed by atoms with van der Waals surface area (Å²) in [5, 5.41) is 7.10. The summed E-state index contributed by atoms with van der Waals surface area (Å²) in [5.74, 6) is 1.15. The van der Waals surface area contributed by atoms with Crippen molar-refractivity contribution >= 4 is 22.9 Å². The van der Waals surface area contributed by atoms with Gasteiger partial charge in [-0.25, -0.2) is 9.78 Å². The van der Waals surface area contributed by atoms with Gasteiger partial charge in [0, 0.05) is 13.1 Å². The van der Waals surface area contributed by atoms with E-state index in [9.17, 15) is 4.79 Å². The summed E-state index contributed by atoms with van der Waals surface area (Å²) in [7, 11) is 1.91. The molecule has 3 aromatic rings. The first-order valence-electron chi connectivity index (χ1n) is 7.02. The molecule has 0 spiro atoms. The first kappa shape index (κ1) is 14.1. The molecule has 0 unspecified atom stereocenters. The monoisotopic (exact) mass is 299 g/mol.